The van der Waals surface area contributed by atoms with Crippen LogP contribution in [0.2, 0.25) is 0 Å². The van der Waals surface area contributed by atoms with Crippen molar-refractivity contribution >= 4 is 55.7 Å². The van der Waals surface area contributed by atoms with Crippen molar-refractivity contribution in [1.29, 1.82) is 0 Å². The third-order valence-corrected chi connectivity index (χ3v) is 15.3. The molecule has 0 aliphatic heterocycles. The molecule has 2 nitrogen and oxygen atoms in total. The molecule has 0 radical (unpaired) electrons. The van der Waals surface area contributed by atoms with Crippen molar-refractivity contribution in [3.8, 4) is 22.3 Å². The summed E-state index contributed by atoms with van der Waals surface area (Å²) in [6, 6.07) is 119. The van der Waals surface area contributed by atoms with E-state index in [1.807, 2.05) is 0 Å². The molecule has 0 aromatic heterocycles. The molecular weight excluding hydrogens is 941 g/mol. The Hall–Kier alpha value is -10.0. The number of fused-ring (bicyclic) bond motifs is 2. The van der Waals surface area contributed by atoms with Crippen molar-refractivity contribution in [2.75, 3.05) is 9.80 Å². The third-order valence-electron chi connectivity index (χ3n) is 15.3. The minimum atomic E-state index is 0.101. The van der Waals surface area contributed by atoms with Gasteiger partial charge in [0.15, 0.2) is 0 Å². The van der Waals surface area contributed by atoms with Crippen LogP contribution in [0.1, 0.15) is 45.2 Å². The van der Waals surface area contributed by atoms with Crippen LogP contribution in [0.4, 0.5) is 34.1 Å². The molecule has 2 heteroatoms. The first-order chi connectivity index (χ1) is 38.7. The molecule has 0 heterocycles. The van der Waals surface area contributed by atoms with E-state index in [9.17, 15) is 0 Å². The average molecular weight is 997 g/mol. The number of hydrogen-bond acceptors (Lipinski definition) is 2. The normalized spacial score (nSPS) is 11.3. The number of rotatable bonds is 14. The topological polar surface area (TPSA) is 6.48 Å². The first kappa shape index (κ1) is 47.7. The highest BCUT2D eigenvalue weighted by molar-refractivity contribution is 6.22. The maximum atomic E-state index is 2.42. The molecular formula is C76H56N2. The summed E-state index contributed by atoms with van der Waals surface area (Å²) in [5, 5.41) is 4.75. The number of para-hydroxylation sites is 2. The van der Waals surface area contributed by atoms with Gasteiger partial charge in [0.25, 0.3) is 0 Å². The molecule has 0 saturated carbocycles. The lowest BCUT2D eigenvalue weighted by Crippen LogP contribution is -2.11. The molecule has 13 aromatic carbocycles. The van der Waals surface area contributed by atoms with E-state index in [0.29, 0.717) is 0 Å². The summed E-state index contributed by atoms with van der Waals surface area (Å²) in [5.41, 5.74) is 18.8. The molecule has 78 heavy (non-hydrogen) atoms. The number of benzene rings is 13. The van der Waals surface area contributed by atoms with E-state index < -0.39 is 0 Å². The summed E-state index contributed by atoms with van der Waals surface area (Å²) in [4.78, 5) is 4.80. The number of hydrogen-bond donors (Lipinski definition) is 0. The Bertz CT molecular complexity index is 3730. The molecule has 0 spiro atoms. The van der Waals surface area contributed by atoms with Crippen LogP contribution >= 0.6 is 0 Å². The van der Waals surface area contributed by atoms with Gasteiger partial charge in [-0.15, -0.1) is 0 Å². The first-order valence-corrected chi connectivity index (χ1v) is 27.0. The molecule has 0 bridgehead atoms. The SMILES string of the molecule is c1ccc(-c2c3ccc(N(c4ccccc4)c4ccc(C(c5ccccc5)c5ccccc5)cc4)cc3c(-c3ccccc3)c3ccc(N(c4ccccc4)c4ccc(C(c5ccccc5)c5ccccc5)cc4)cc23)cc1. The summed E-state index contributed by atoms with van der Waals surface area (Å²) in [6.45, 7) is 0. The Kier molecular flexibility index (Phi) is 13.3. The van der Waals surface area contributed by atoms with Crippen LogP contribution in [0.15, 0.2) is 328 Å². The third kappa shape index (κ3) is 9.42. The highest BCUT2D eigenvalue weighted by atomic mass is 15.1. The quantitative estimate of drug-likeness (QED) is 0.0791. The van der Waals surface area contributed by atoms with Crippen LogP contribution in [0, 0.1) is 0 Å². The van der Waals surface area contributed by atoms with Gasteiger partial charge in [-0.3, -0.25) is 0 Å². The van der Waals surface area contributed by atoms with Gasteiger partial charge < -0.3 is 9.80 Å². The second-order valence-corrected chi connectivity index (χ2v) is 20.0. The van der Waals surface area contributed by atoms with Crippen LogP contribution in [0.3, 0.4) is 0 Å². The monoisotopic (exact) mass is 996 g/mol. The fourth-order valence-electron chi connectivity index (χ4n) is 11.7. The van der Waals surface area contributed by atoms with Crippen LogP contribution in [-0.4, -0.2) is 0 Å². The maximum absolute atomic E-state index is 2.42. The molecule has 0 aliphatic rings. The molecule has 0 aliphatic carbocycles. The van der Waals surface area contributed by atoms with Gasteiger partial charge in [0, 0.05) is 46.0 Å². The van der Waals surface area contributed by atoms with E-state index in [-0.39, 0.29) is 11.8 Å². The summed E-state index contributed by atoms with van der Waals surface area (Å²) in [7, 11) is 0. The summed E-state index contributed by atoms with van der Waals surface area (Å²) in [5.74, 6) is 0.202. The van der Waals surface area contributed by atoms with E-state index >= 15 is 0 Å². The Morgan fingerprint density at radius 3 is 0.705 bits per heavy atom. The Morgan fingerprint density at radius 1 is 0.179 bits per heavy atom. The minimum Gasteiger partial charge on any atom is -0.310 e. The lowest BCUT2D eigenvalue weighted by atomic mass is 9.85. The largest absolute Gasteiger partial charge is 0.310 e. The van der Waals surface area contributed by atoms with Gasteiger partial charge >= 0.3 is 0 Å². The lowest BCUT2D eigenvalue weighted by Gasteiger charge is -2.28. The van der Waals surface area contributed by atoms with Gasteiger partial charge in [0.2, 0.25) is 0 Å². The van der Waals surface area contributed by atoms with E-state index in [0.717, 1.165) is 34.1 Å². The zero-order valence-corrected chi connectivity index (χ0v) is 43.2. The zero-order valence-electron chi connectivity index (χ0n) is 43.2. The van der Waals surface area contributed by atoms with Gasteiger partial charge in [0.05, 0.1) is 0 Å². The molecule has 0 N–H and O–H groups in total. The van der Waals surface area contributed by atoms with Crippen molar-refractivity contribution in [2.45, 2.75) is 11.8 Å². The van der Waals surface area contributed by atoms with Crippen LogP contribution in [0.25, 0.3) is 43.8 Å². The standard InChI is InChI=1S/C76H56N2/c1-9-25-55(26-10-1)73(56-27-11-2-12-28-56)61-41-45-65(46-42-61)77(63-37-21-7-22-38-63)67-49-51-69-71(53-67)75(59-33-17-5-18-34-59)70-52-50-68(54-72(70)76(69)60-35-19-6-20-36-60)78(64-39-23-8-24-40-64)66-47-43-62(44-48-66)74(57-29-13-3-14-30-57)58-31-15-4-16-32-58/h1-54,73-74H. The van der Waals surface area contributed by atoms with Crippen molar-refractivity contribution in [2.24, 2.45) is 0 Å². The van der Waals surface area contributed by atoms with Gasteiger partial charge in [-0.1, -0.05) is 255 Å². The molecule has 13 aromatic rings. The van der Waals surface area contributed by atoms with Crippen LogP contribution in [-0.2, 0) is 0 Å². The van der Waals surface area contributed by atoms with Crippen molar-refractivity contribution in [3.63, 3.8) is 0 Å². The molecule has 13 rings (SSSR count). The van der Waals surface area contributed by atoms with E-state index in [2.05, 4.69) is 337 Å². The van der Waals surface area contributed by atoms with Crippen molar-refractivity contribution < 1.29 is 0 Å². The Balaban J connectivity index is 0.984. The number of nitrogens with zero attached hydrogens (tertiary/aromatic N) is 2. The summed E-state index contributed by atoms with van der Waals surface area (Å²) >= 11 is 0. The van der Waals surface area contributed by atoms with E-state index in [4.69, 9.17) is 0 Å². The predicted octanol–water partition coefficient (Wildman–Crippen LogP) is 20.6. The summed E-state index contributed by atoms with van der Waals surface area (Å²) in [6.07, 6.45) is 0. The van der Waals surface area contributed by atoms with Crippen molar-refractivity contribution in [1.82, 2.24) is 0 Å². The Morgan fingerprint density at radius 2 is 0.410 bits per heavy atom. The second kappa shape index (κ2) is 21.7. The molecule has 0 atom stereocenters. The summed E-state index contributed by atoms with van der Waals surface area (Å²) < 4.78 is 0. The zero-order chi connectivity index (χ0) is 52.0. The smallest absolute Gasteiger partial charge is 0.0468 e. The molecule has 0 unspecified atom stereocenters. The van der Waals surface area contributed by atoms with E-state index in [1.165, 1.54) is 77.2 Å². The van der Waals surface area contributed by atoms with Crippen molar-refractivity contribution in [3.05, 3.63) is 361 Å². The number of anilines is 6. The highest BCUT2D eigenvalue weighted by Crippen LogP contribution is 2.49. The fourth-order valence-corrected chi connectivity index (χ4v) is 11.7. The van der Waals surface area contributed by atoms with Crippen LogP contribution in [0.5, 0.6) is 0 Å². The predicted molar refractivity (Wildman–Crippen MR) is 329 cm³/mol. The maximum Gasteiger partial charge on any atom is 0.0468 e. The minimum absolute atomic E-state index is 0.101. The Labute approximate surface area is 458 Å². The highest BCUT2D eigenvalue weighted by Gasteiger charge is 2.24. The van der Waals surface area contributed by atoms with Gasteiger partial charge in [-0.25, -0.2) is 0 Å². The molecule has 0 fully saturated rings. The van der Waals surface area contributed by atoms with Crippen LogP contribution < -0.4 is 9.80 Å². The second-order valence-electron chi connectivity index (χ2n) is 20.0. The first-order valence-electron chi connectivity index (χ1n) is 27.0. The van der Waals surface area contributed by atoms with Gasteiger partial charge in [0.1, 0.15) is 0 Å². The molecule has 370 valence electrons. The molecule has 0 amide bonds. The lowest BCUT2D eigenvalue weighted by molar-refractivity contribution is 0.977. The van der Waals surface area contributed by atoms with Gasteiger partial charge in [-0.2, -0.15) is 0 Å². The van der Waals surface area contributed by atoms with E-state index in [1.54, 1.807) is 0 Å². The average Bonchev–Trinajstić information content (AvgIpc) is 3.53. The van der Waals surface area contributed by atoms with Gasteiger partial charge in [-0.05, 0) is 150 Å². The fraction of sp³-hybridized carbons (Fsp3) is 0.0263. The molecule has 0 saturated heterocycles.